The molecule has 0 unspecified atom stereocenters. The van der Waals surface area contributed by atoms with Gasteiger partial charge in [-0.15, -0.1) is 0 Å². The van der Waals surface area contributed by atoms with Crippen LogP contribution in [-0.4, -0.2) is 9.55 Å². The van der Waals surface area contributed by atoms with Gasteiger partial charge in [0.2, 0.25) is 0 Å². The first kappa shape index (κ1) is 12.9. The van der Waals surface area contributed by atoms with Crippen LogP contribution in [0.1, 0.15) is 51.6 Å². The fourth-order valence-electron chi connectivity index (χ4n) is 3.43. The Balaban J connectivity index is 2.21. The molecule has 0 radical (unpaired) electrons. The van der Waals surface area contributed by atoms with Gasteiger partial charge in [-0.25, -0.2) is 0 Å². The first-order valence-electron chi connectivity index (χ1n) is 6.77. The summed E-state index contributed by atoms with van der Waals surface area (Å²) >= 11 is 5.38. The molecule has 96 valence electrons. The summed E-state index contributed by atoms with van der Waals surface area (Å²) in [5, 5.41) is 0. The van der Waals surface area contributed by atoms with Crippen LogP contribution in [0.3, 0.4) is 0 Å². The third-order valence-electron chi connectivity index (χ3n) is 4.07. The van der Waals surface area contributed by atoms with Crippen LogP contribution in [0.4, 0.5) is 0 Å². The molecule has 0 saturated heterocycles. The van der Waals surface area contributed by atoms with Crippen LogP contribution in [0.2, 0.25) is 0 Å². The first-order valence-corrected chi connectivity index (χ1v) is 7.18. The van der Waals surface area contributed by atoms with Gasteiger partial charge >= 0.3 is 0 Å². The van der Waals surface area contributed by atoms with Crippen LogP contribution in [0.15, 0.2) is 6.20 Å². The lowest BCUT2D eigenvalue weighted by Gasteiger charge is -2.31. The fourth-order valence-corrected chi connectivity index (χ4v) is 3.70. The van der Waals surface area contributed by atoms with Crippen LogP contribution in [0.25, 0.3) is 0 Å². The summed E-state index contributed by atoms with van der Waals surface area (Å²) < 4.78 is 3.18. The van der Waals surface area contributed by atoms with E-state index in [4.69, 9.17) is 12.2 Å². The molecular formula is C14H24N2S. The summed E-state index contributed by atoms with van der Waals surface area (Å²) in [5.74, 6) is 0.779. The number of aryl methyl sites for hydroxylation is 1. The van der Waals surface area contributed by atoms with Gasteiger partial charge in [-0.05, 0) is 49.7 Å². The topological polar surface area (TPSA) is 20.7 Å². The number of nitrogens with zero attached hydrogens (tertiary/aromatic N) is 1. The molecule has 1 N–H and O–H groups in total. The average molecular weight is 252 g/mol. The first-order chi connectivity index (χ1) is 8.02. The molecule has 0 atom stereocenters. The number of H-pyrrole nitrogens is 1. The number of hydrogen-bond acceptors (Lipinski definition) is 1. The van der Waals surface area contributed by atoms with Crippen LogP contribution in [0, 0.1) is 23.0 Å². The second-order valence-electron chi connectivity index (χ2n) is 6.13. The van der Waals surface area contributed by atoms with Gasteiger partial charge in [0.05, 0.1) is 0 Å². The Morgan fingerprint density at radius 1 is 1.41 bits per heavy atom. The maximum Gasteiger partial charge on any atom is 0.177 e. The zero-order valence-corrected chi connectivity index (χ0v) is 12.1. The van der Waals surface area contributed by atoms with Gasteiger partial charge < -0.3 is 9.55 Å². The van der Waals surface area contributed by atoms with Crippen molar-refractivity contribution in [3.05, 3.63) is 16.7 Å². The van der Waals surface area contributed by atoms with Gasteiger partial charge in [0.15, 0.2) is 4.77 Å². The van der Waals surface area contributed by atoms with Crippen molar-refractivity contribution < 1.29 is 0 Å². The smallest absolute Gasteiger partial charge is 0.177 e. The molecule has 0 aromatic carbocycles. The molecule has 1 aliphatic carbocycles. The van der Waals surface area contributed by atoms with E-state index in [1.807, 2.05) is 6.20 Å². The highest BCUT2D eigenvalue weighted by Gasteiger charge is 2.35. The summed E-state index contributed by atoms with van der Waals surface area (Å²) in [4.78, 5) is 3.16. The second-order valence-corrected chi connectivity index (χ2v) is 6.51. The van der Waals surface area contributed by atoms with Crippen LogP contribution in [0.5, 0.6) is 0 Å². The highest BCUT2D eigenvalue weighted by atomic mass is 32.1. The van der Waals surface area contributed by atoms with Crippen molar-refractivity contribution in [2.75, 3.05) is 0 Å². The van der Waals surface area contributed by atoms with Gasteiger partial charge in [-0.3, -0.25) is 0 Å². The van der Waals surface area contributed by atoms with E-state index < -0.39 is 0 Å². The zero-order chi connectivity index (χ0) is 12.5. The van der Waals surface area contributed by atoms with E-state index in [1.54, 1.807) is 0 Å². The molecular weight excluding hydrogens is 228 g/mol. The number of nitrogens with one attached hydrogen (secondary N) is 1. The average Bonchev–Trinajstić information content (AvgIpc) is 2.80. The van der Waals surface area contributed by atoms with Gasteiger partial charge in [0.1, 0.15) is 0 Å². The minimum atomic E-state index is 0.499. The number of aromatic nitrogens is 2. The normalized spacial score (nSPS) is 19.1. The molecule has 2 nitrogen and oxygen atoms in total. The minimum absolute atomic E-state index is 0.499. The molecule has 3 heteroatoms. The van der Waals surface area contributed by atoms with Crippen molar-refractivity contribution in [1.82, 2.24) is 9.55 Å². The molecule has 0 aliphatic heterocycles. The van der Waals surface area contributed by atoms with E-state index in [2.05, 4.69) is 30.3 Å². The maximum atomic E-state index is 5.38. The summed E-state index contributed by atoms with van der Waals surface area (Å²) in [7, 11) is 0. The molecule has 1 aliphatic rings. The Morgan fingerprint density at radius 3 is 2.53 bits per heavy atom. The third kappa shape index (κ3) is 2.82. The SMILES string of the molecule is Cc1c[nH]c(=S)n1CC1(CC(C)C)CCCC1. The number of rotatable bonds is 4. The lowest BCUT2D eigenvalue weighted by Crippen LogP contribution is -2.26. The van der Waals surface area contributed by atoms with Crippen molar-refractivity contribution in [3.8, 4) is 0 Å². The Morgan fingerprint density at radius 2 is 2.06 bits per heavy atom. The largest absolute Gasteiger partial charge is 0.337 e. The lowest BCUT2D eigenvalue weighted by molar-refractivity contribution is 0.195. The molecule has 0 spiro atoms. The van der Waals surface area contributed by atoms with Gasteiger partial charge in [-0.2, -0.15) is 0 Å². The van der Waals surface area contributed by atoms with E-state index in [-0.39, 0.29) is 0 Å². The number of aromatic amines is 1. The zero-order valence-electron chi connectivity index (χ0n) is 11.3. The number of hydrogen-bond donors (Lipinski definition) is 1. The van der Waals surface area contributed by atoms with E-state index in [9.17, 15) is 0 Å². The van der Waals surface area contributed by atoms with Crippen molar-refractivity contribution >= 4 is 12.2 Å². The summed E-state index contributed by atoms with van der Waals surface area (Å²) in [6.07, 6.45) is 8.89. The van der Waals surface area contributed by atoms with Crippen molar-refractivity contribution in [2.45, 2.75) is 59.4 Å². The Labute approximate surface area is 109 Å². The summed E-state index contributed by atoms with van der Waals surface area (Å²) in [6, 6.07) is 0. The van der Waals surface area contributed by atoms with E-state index in [0.29, 0.717) is 5.41 Å². The Hall–Kier alpha value is -0.570. The Bertz CT molecular complexity index is 422. The predicted octanol–water partition coefficient (Wildman–Crippen LogP) is 4.46. The van der Waals surface area contributed by atoms with E-state index in [1.165, 1.54) is 37.8 Å². The molecule has 1 saturated carbocycles. The lowest BCUT2D eigenvalue weighted by atomic mass is 9.78. The molecule has 1 aromatic rings. The molecule has 0 amide bonds. The van der Waals surface area contributed by atoms with E-state index in [0.717, 1.165) is 17.2 Å². The highest BCUT2D eigenvalue weighted by molar-refractivity contribution is 7.71. The maximum absolute atomic E-state index is 5.38. The number of imidazole rings is 1. The van der Waals surface area contributed by atoms with Gasteiger partial charge in [0.25, 0.3) is 0 Å². The molecule has 1 heterocycles. The van der Waals surface area contributed by atoms with Crippen molar-refractivity contribution in [3.63, 3.8) is 0 Å². The van der Waals surface area contributed by atoms with Gasteiger partial charge in [0, 0.05) is 18.4 Å². The third-order valence-corrected chi connectivity index (χ3v) is 4.41. The Kier molecular flexibility index (Phi) is 3.76. The molecule has 17 heavy (non-hydrogen) atoms. The second kappa shape index (κ2) is 4.97. The quantitative estimate of drug-likeness (QED) is 0.785. The standard InChI is InChI=1S/C14H24N2S/c1-11(2)8-14(6-4-5-7-14)10-16-12(3)9-15-13(16)17/h9,11H,4-8,10H2,1-3H3,(H,15,17). The molecule has 1 aromatic heterocycles. The van der Waals surface area contributed by atoms with Crippen LogP contribution >= 0.6 is 12.2 Å². The van der Waals surface area contributed by atoms with Crippen LogP contribution in [-0.2, 0) is 6.54 Å². The summed E-state index contributed by atoms with van der Waals surface area (Å²) in [6.45, 7) is 7.93. The van der Waals surface area contributed by atoms with Crippen molar-refractivity contribution in [1.29, 1.82) is 0 Å². The van der Waals surface area contributed by atoms with Crippen LogP contribution < -0.4 is 0 Å². The summed E-state index contributed by atoms with van der Waals surface area (Å²) in [5.41, 5.74) is 1.77. The van der Waals surface area contributed by atoms with Crippen molar-refractivity contribution in [2.24, 2.45) is 11.3 Å². The van der Waals surface area contributed by atoms with Gasteiger partial charge in [-0.1, -0.05) is 26.7 Å². The highest BCUT2D eigenvalue weighted by Crippen LogP contribution is 2.44. The van der Waals surface area contributed by atoms with E-state index >= 15 is 0 Å². The fraction of sp³-hybridized carbons (Fsp3) is 0.786. The monoisotopic (exact) mass is 252 g/mol. The minimum Gasteiger partial charge on any atom is -0.337 e. The predicted molar refractivity (Wildman–Crippen MR) is 74.7 cm³/mol. The molecule has 1 fully saturated rings. The molecule has 2 rings (SSSR count). The molecule has 0 bridgehead atoms.